The lowest BCUT2D eigenvalue weighted by Crippen LogP contribution is -2.42. The van der Waals surface area contributed by atoms with E-state index in [4.69, 9.17) is 23.2 Å². The van der Waals surface area contributed by atoms with Crippen molar-refractivity contribution in [2.24, 2.45) is 0 Å². The smallest absolute Gasteiger partial charge is 0.264 e. The summed E-state index contributed by atoms with van der Waals surface area (Å²) in [6.07, 6.45) is 0. The first kappa shape index (κ1) is 21.5. The molecule has 9 heteroatoms. The lowest BCUT2D eigenvalue weighted by molar-refractivity contribution is -0.119. The SMILES string of the molecule is CN(C)CCNC(=O)CN(c1ccc(Cl)c(Cl)c1)S(=O)(=O)c1ccccc1. The summed E-state index contributed by atoms with van der Waals surface area (Å²) in [6.45, 7) is 0.680. The topological polar surface area (TPSA) is 69.7 Å². The molecule has 0 saturated heterocycles. The van der Waals surface area contributed by atoms with Crippen LogP contribution in [0.3, 0.4) is 0 Å². The number of rotatable bonds is 8. The van der Waals surface area contributed by atoms with E-state index >= 15 is 0 Å². The minimum Gasteiger partial charge on any atom is -0.353 e. The fourth-order valence-electron chi connectivity index (χ4n) is 2.28. The molecule has 1 amide bonds. The minimum absolute atomic E-state index is 0.0807. The molecule has 0 spiro atoms. The van der Waals surface area contributed by atoms with E-state index < -0.39 is 15.9 Å². The third-order valence-electron chi connectivity index (χ3n) is 3.69. The number of sulfonamides is 1. The first-order valence-electron chi connectivity index (χ1n) is 8.16. The van der Waals surface area contributed by atoms with Gasteiger partial charge in [0.25, 0.3) is 10.0 Å². The molecule has 0 aromatic heterocycles. The van der Waals surface area contributed by atoms with E-state index in [2.05, 4.69) is 5.32 Å². The Morgan fingerprint density at radius 1 is 1.04 bits per heavy atom. The number of nitrogens with zero attached hydrogens (tertiary/aromatic N) is 2. The van der Waals surface area contributed by atoms with Crippen molar-refractivity contribution in [3.8, 4) is 0 Å². The van der Waals surface area contributed by atoms with E-state index in [1.54, 1.807) is 18.2 Å². The Bertz CT molecular complexity index is 890. The normalized spacial score (nSPS) is 11.4. The molecule has 1 N–H and O–H groups in total. The summed E-state index contributed by atoms with van der Waals surface area (Å²) in [5.41, 5.74) is 0.260. The van der Waals surface area contributed by atoms with Crippen LogP contribution >= 0.6 is 23.2 Å². The second-order valence-corrected chi connectivity index (χ2v) is 8.75. The Hall–Kier alpha value is -1.80. The maximum absolute atomic E-state index is 13.1. The van der Waals surface area contributed by atoms with Crippen LogP contribution in [-0.2, 0) is 14.8 Å². The van der Waals surface area contributed by atoms with Crippen molar-refractivity contribution < 1.29 is 13.2 Å². The van der Waals surface area contributed by atoms with Crippen LogP contribution in [0.1, 0.15) is 0 Å². The van der Waals surface area contributed by atoms with E-state index in [-0.39, 0.29) is 22.2 Å². The Kier molecular flexibility index (Phi) is 7.49. The number of benzene rings is 2. The molecule has 2 rings (SSSR count). The van der Waals surface area contributed by atoms with Crippen LogP contribution in [0.4, 0.5) is 5.69 Å². The van der Waals surface area contributed by atoms with E-state index in [1.807, 2.05) is 19.0 Å². The van der Waals surface area contributed by atoms with Crippen LogP contribution in [0.2, 0.25) is 10.0 Å². The molecule has 6 nitrogen and oxygen atoms in total. The van der Waals surface area contributed by atoms with Gasteiger partial charge in [-0.2, -0.15) is 0 Å². The van der Waals surface area contributed by atoms with Gasteiger partial charge in [0.1, 0.15) is 6.54 Å². The molecular weight excluding hydrogens is 409 g/mol. The molecule has 0 aliphatic rings. The van der Waals surface area contributed by atoms with Gasteiger partial charge in [0, 0.05) is 13.1 Å². The number of hydrogen-bond acceptors (Lipinski definition) is 4. The molecule has 0 saturated carbocycles. The van der Waals surface area contributed by atoms with Crippen molar-refractivity contribution in [3.05, 3.63) is 58.6 Å². The highest BCUT2D eigenvalue weighted by Crippen LogP contribution is 2.30. The average molecular weight is 430 g/mol. The second kappa shape index (κ2) is 9.41. The van der Waals surface area contributed by atoms with E-state index in [1.165, 1.54) is 30.3 Å². The quantitative estimate of drug-likeness (QED) is 0.700. The van der Waals surface area contributed by atoms with Gasteiger partial charge in [0.05, 0.1) is 20.6 Å². The van der Waals surface area contributed by atoms with Crippen LogP contribution in [0.5, 0.6) is 0 Å². The van der Waals surface area contributed by atoms with Gasteiger partial charge in [-0.25, -0.2) is 8.42 Å². The van der Waals surface area contributed by atoms with E-state index in [0.29, 0.717) is 18.1 Å². The molecule has 0 heterocycles. The first-order chi connectivity index (χ1) is 12.7. The Morgan fingerprint density at radius 3 is 2.30 bits per heavy atom. The lowest BCUT2D eigenvalue weighted by atomic mass is 10.3. The Balaban J connectivity index is 2.34. The highest BCUT2D eigenvalue weighted by molar-refractivity contribution is 7.92. The minimum atomic E-state index is -3.96. The predicted molar refractivity (Wildman–Crippen MR) is 109 cm³/mol. The number of carbonyl (C=O) groups excluding carboxylic acids is 1. The number of hydrogen-bond donors (Lipinski definition) is 1. The van der Waals surface area contributed by atoms with Crippen molar-refractivity contribution in [2.75, 3.05) is 38.0 Å². The summed E-state index contributed by atoms with van der Waals surface area (Å²) in [5, 5.41) is 3.22. The Labute approximate surface area is 169 Å². The molecule has 0 unspecified atom stereocenters. The molecule has 0 radical (unpaired) electrons. The fourth-order valence-corrected chi connectivity index (χ4v) is 4.01. The zero-order valence-electron chi connectivity index (χ0n) is 15.0. The van der Waals surface area contributed by atoms with Crippen LogP contribution in [0.25, 0.3) is 0 Å². The number of nitrogens with one attached hydrogen (secondary N) is 1. The molecule has 0 atom stereocenters. The van der Waals surface area contributed by atoms with Crippen LogP contribution in [0, 0.1) is 0 Å². The van der Waals surface area contributed by atoms with Gasteiger partial charge >= 0.3 is 0 Å². The third kappa shape index (κ3) is 5.84. The number of halogens is 2. The number of carbonyl (C=O) groups is 1. The molecule has 0 aliphatic carbocycles. The standard InChI is InChI=1S/C18H21Cl2N3O3S/c1-22(2)11-10-21-18(24)13-23(14-8-9-16(19)17(20)12-14)27(25,26)15-6-4-3-5-7-15/h3-9,12H,10-11,13H2,1-2H3,(H,21,24). The molecule has 2 aromatic carbocycles. The largest absolute Gasteiger partial charge is 0.353 e. The summed E-state index contributed by atoms with van der Waals surface area (Å²) in [6, 6.07) is 12.4. The van der Waals surface area contributed by atoms with Crippen LogP contribution in [-0.4, -0.2) is 53.0 Å². The summed E-state index contributed by atoms with van der Waals surface area (Å²) >= 11 is 12.0. The van der Waals surface area contributed by atoms with Gasteiger partial charge < -0.3 is 10.2 Å². The molecular formula is C18H21Cl2N3O3S. The average Bonchev–Trinajstić information content (AvgIpc) is 2.62. The van der Waals surface area contributed by atoms with Crippen molar-refractivity contribution in [2.45, 2.75) is 4.90 Å². The van der Waals surface area contributed by atoms with Crippen molar-refractivity contribution in [3.63, 3.8) is 0 Å². The van der Waals surface area contributed by atoms with Crippen LogP contribution in [0.15, 0.2) is 53.4 Å². The van der Waals surface area contributed by atoms with Gasteiger partial charge in [-0.1, -0.05) is 41.4 Å². The molecule has 2 aromatic rings. The lowest BCUT2D eigenvalue weighted by Gasteiger charge is -2.24. The first-order valence-corrected chi connectivity index (χ1v) is 10.4. The predicted octanol–water partition coefficient (Wildman–Crippen LogP) is 2.87. The molecule has 0 fully saturated rings. The third-order valence-corrected chi connectivity index (χ3v) is 6.22. The highest BCUT2D eigenvalue weighted by Gasteiger charge is 2.27. The van der Waals surface area contributed by atoms with Crippen molar-refractivity contribution in [1.29, 1.82) is 0 Å². The summed E-state index contributed by atoms with van der Waals surface area (Å²) in [7, 11) is -0.194. The van der Waals surface area contributed by atoms with Crippen LogP contribution < -0.4 is 9.62 Å². The van der Waals surface area contributed by atoms with E-state index in [9.17, 15) is 13.2 Å². The van der Waals surface area contributed by atoms with Gasteiger partial charge in [-0.3, -0.25) is 9.10 Å². The zero-order chi connectivity index (χ0) is 20.0. The van der Waals surface area contributed by atoms with Gasteiger partial charge in [0.2, 0.25) is 5.91 Å². The number of anilines is 1. The van der Waals surface area contributed by atoms with Gasteiger partial charge in [-0.05, 0) is 44.4 Å². The summed E-state index contributed by atoms with van der Waals surface area (Å²) in [5.74, 6) is -0.414. The van der Waals surface area contributed by atoms with E-state index in [0.717, 1.165) is 4.31 Å². The maximum Gasteiger partial charge on any atom is 0.264 e. The second-order valence-electron chi connectivity index (χ2n) is 6.08. The number of likely N-dealkylation sites (N-methyl/N-ethyl adjacent to an activating group) is 1. The Morgan fingerprint density at radius 2 is 1.70 bits per heavy atom. The summed E-state index contributed by atoms with van der Waals surface area (Å²) < 4.78 is 27.2. The fraction of sp³-hybridized carbons (Fsp3) is 0.278. The monoisotopic (exact) mass is 429 g/mol. The van der Waals surface area contributed by atoms with Gasteiger partial charge in [0.15, 0.2) is 0 Å². The zero-order valence-corrected chi connectivity index (χ0v) is 17.4. The highest BCUT2D eigenvalue weighted by atomic mass is 35.5. The summed E-state index contributed by atoms with van der Waals surface area (Å²) in [4.78, 5) is 14.3. The van der Waals surface area contributed by atoms with Crippen molar-refractivity contribution >= 4 is 44.8 Å². The molecule has 0 aliphatic heterocycles. The number of amides is 1. The maximum atomic E-state index is 13.1. The molecule has 27 heavy (non-hydrogen) atoms. The molecule has 146 valence electrons. The van der Waals surface area contributed by atoms with Gasteiger partial charge in [-0.15, -0.1) is 0 Å². The van der Waals surface area contributed by atoms with Crippen molar-refractivity contribution in [1.82, 2.24) is 10.2 Å². The molecule has 0 bridgehead atoms.